The second-order valence-corrected chi connectivity index (χ2v) is 9.26. The molecule has 3 N–H and O–H groups in total. The van der Waals surface area contributed by atoms with Gasteiger partial charge < -0.3 is 15.4 Å². The van der Waals surface area contributed by atoms with Gasteiger partial charge in [-0.25, -0.2) is 19.2 Å². The van der Waals surface area contributed by atoms with Crippen molar-refractivity contribution < 1.29 is 14.3 Å². The Morgan fingerprint density at radius 3 is 2.82 bits per heavy atom. The van der Waals surface area contributed by atoms with Crippen LogP contribution < -0.4 is 10.9 Å². The Kier molecular flexibility index (Phi) is 5.17. The summed E-state index contributed by atoms with van der Waals surface area (Å²) in [6, 6.07) is 8.84. The van der Waals surface area contributed by atoms with Crippen molar-refractivity contribution in [2.24, 2.45) is 7.05 Å². The number of hydrogen-bond donors (Lipinski definition) is 3. The van der Waals surface area contributed by atoms with Gasteiger partial charge in [0.2, 0.25) is 0 Å². The highest BCUT2D eigenvalue weighted by Gasteiger charge is 2.23. The largest absolute Gasteiger partial charge is 0.478 e. The molecular formula is C24H20FN5O3S. The van der Waals surface area contributed by atoms with E-state index in [2.05, 4.69) is 15.3 Å². The molecule has 0 fully saturated rings. The Hall–Kier alpha value is -4.05. The number of carbonyl (C=O) groups is 1. The molecule has 1 unspecified atom stereocenters. The number of benzene rings is 1. The maximum Gasteiger partial charge on any atom is 0.337 e. The van der Waals surface area contributed by atoms with E-state index in [-0.39, 0.29) is 16.8 Å². The van der Waals surface area contributed by atoms with Crippen LogP contribution in [0.25, 0.3) is 32.8 Å². The summed E-state index contributed by atoms with van der Waals surface area (Å²) < 4.78 is 15.6. The first kappa shape index (κ1) is 21.8. The van der Waals surface area contributed by atoms with E-state index in [4.69, 9.17) is 4.98 Å². The Morgan fingerprint density at radius 1 is 1.29 bits per heavy atom. The molecule has 1 atom stereocenters. The molecule has 34 heavy (non-hydrogen) atoms. The van der Waals surface area contributed by atoms with E-state index in [9.17, 15) is 19.1 Å². The normalized spacial score (nSPS) is 12.4. The molecule has 4 heterocycles. The molecular weight excluding hydrogens is 457 g/mol. The number of aromatic nitrogens is 4. The smallest absolute Gasteiger partial charge is 0.337 e. The van der Waals surface area contributed by atoms with E-state index < -0.39 is 17.8 Å². The Balaban J connectivity index is 1.64. The summed E-state index contributed by atoms with van der Waals surface area (Å²) in [6.45, 7) is 3.75. The number of pyridine rings is 1. The van der Waals surface area contributed by atoms with Crippen molar-refractivity contribution >= 4 is 44.2 Å². The topological polar surface area (TPSA) is 113 Å². The molecule has 0 radical (unpaired) electrons. The van der Waals surface area contributed by atoms with Gasteiger partial charge in [0.1, 0.15) is 16.2 Å². The third-order valence-corrected chi connectivity index (χ3v) is 6.89. The number of nitrogens with one attached hydrogen (secondary N) is 2. The van der Waals surface area contributed by atoms with Gasteiger partial charge in [-0.2, -0.15) is 0 Å². The number of carboxylic acid groups (broad SMARTS) is 1. The van der Waals surface area contributed by atoms with Gasteiger partial charge in [-0.3, -0.25) is 9.36 Å². The molecule has 0 bridgehead atoms. The van der Waals surface area contributed by atoms with Gasteiger partial charge >= 0.3 is 5.97 Å². The minimum absolute atomic E-state index is 0.167. The molecule has 0 aliphatic rings. The maximum atomic E-state index is 13.6. The molecule has 1 aromatic carbocycles. The molecule has 0 spiro atoms. The highest BCUT2D eigenvalue weighted by molar-refractivity contribution is 7.19. The number of aromatic amines is 1. The average Bonchev–Trinajstić information content (AvgIpc) is 3.37. The molecule has 4 aromatic heterocycles. The number of rotatable bonds is 5. The number of nitrogens with zero attached hydrogens (tertiary/aromatic N) is 3. The minimum atomic E-state index is -1.23. The fourth-order valence-corrected chi connectivity index (χ4v) is 5.35. The third-order valence-electron chi connectivity index (χ3n) is 5.79. The Morgan fingerprint density at radius 2 is 2.09 bits per heavy atom. The lowest BCUT2D eigenvalue weighted by Crippen LogP contribution is -2.20. The molecule has 0 saturated carbocycles. The molecule has 10 heteroatoms. The van der Waals surface area contributed by atoms with E-state index >= 15 is 0 Å². The summed E-state index contributed by atoms with van der Waals surface area (Å²) in [6.07, 6.45) is 1.69. The van der Waals surface area contributed by atoms with Crippen LogP contribution in [0, 0.1) is 12.7 Å². The van der Waals surface area contributed by atoms with Crippen LogP contribution in [0.4, 0.5) is 10.1 Å². The zero-order valence-corrected chi connectivity index (χ0v) is 19.3. The quantitative estimate of drug-likeness (QED) is 0.333. The highest BCUT2D eigenvalue weighted by Crippen LogP contribution is 2.35. The summed E-state index contributed by atoms with van der Waals surface area (Å²) >= 11 is 1.35. The van der Waals surface area contributed by atoms with E-state index in [1.165, 1.54) is 28.0 Å². The molecule has 5 aromatic rings. The first-order valence-electron chi connectivity index (χ1n) is 10.5. The van der Waals surface area contributed by atoms with Gasteiger partial charge in [0.15, 0.2) is 5.82 Å². The first-order valence-corrected chi connectivity index (χ1v) is 11.3. The fraction of sp³-hybridized carbons (Fsp3) is 0.167. The van der Waals surface area contributed by atoms with Crippen molar-refractivity contribution in [2.45, 2.75) is 19.9 Å². The van der Waals surface area contributed by atoms with Crippen LogP contribution in [0.3, 0.4) is 0 Å². The van der Waals surface area contributed by atoms with Crippen molar-refractivity contribution in [1.82, 2.24) is 19.5 Å². The number of H-pyrrole nitrogens is 1. The summed E-state index contributed by atoms with van der Waals surface area (Å²) in [5.74, 6) is -1.40. The number of aromatic carboxylic acids is 1. The summed E-state index contributed by atoms with van der Waals surface area (Å²) in [4.78, 5) is 38.1. The fourth-order valence-electron chi connectivity index (χ4n) is 4.18. The van der Waals surface area contributed by atoms with E-state index in [1.807, 2.05) is 32.0 Å². The lowest BCUT2D eigenvalue weighted by Gasteiger charge is -2.18. The van der Waals surface area contributed by atoms with Gasteiger partial charge in [0, 0.05) is 34.8 Å². The SMILES string of the molecule is Cc1sc2c(=O)n(C)c(-c3cc4cccnc4[nH]3)nc2c1C(C)Nc1ccc(F)cc1C(=O)O. The van der Waals surface area contributed by atoms with Crippen LogP contribution in [0.1, 0.15) is 33.8 Å². The molecule has 8 nitrogen and oxygen atoms in total. The number of carboxylic acids is 1. The lowest BCUT2D eigenvalue weighted by atomic mass is 10.1. The number of fused-ring (bicyclic) bond motifs is 2. The molecule has 0 aliphatic heterocycles. The second-order valence-electron chi connectivity index (χ2n) is 8.03. The first-order chi connectivity index (χ1) is 16.2. The highest BCUT2D eigenvalue weighted by atomic mass is 32.1. The minimum Gasteiger partial charge on any atom is -0.478 e. The van der Waals surface area contributed by atoms with Crippen LogP contribution >= 0.6 is 11.3 Å². The van der Waals surface area contributed by atoms with Gasteiger partial charge in [-0.1, -0.05) is 0 Å². The van der Waals surface area contributed by atoms with Crippen molar-refractivity contribution in [2.75, 3.05) is 5.32 Å². The summed E-state index contributed by atoms with van der Waals surface area (Å²) in [5, 5.41) is 13.5. The van der Waals surface area contributed by atoms with Gasteiger partial charge in [-0.05, 0) is 50.2 Å². The Bertz CT molecular complexity index is 1620. The number of anilines is 1. The molecule has 0 aliphatic carbocycles. The number of hydrogen-bond acceptors (Lipinski definition) is 6. The van der Waals surface area contributed by atoms with Crippen molar-refractivity contribution in [3.63, 3.8) is 0 Å². The molecule has 0 amide bonds. The molecule has 0 saturated heterocycles. The standard InChI is InChI=1S/C24H20FN5O3S/c1-11(27-16-7-6-14(25)10-15(16)24(32)33)18-12(2)34-20-19(18)29-22(30(3)23(20)31)17-9-13-5-4-8-26-21(13)28-17/h4-11,27H,1-3H3,(H,26,28)(H,32,33). The molecule has 172 valence electrons. The van der Waals surface area contributed by atoms with E-state index in [0.29, 0.717) is 27.4 Å². The van der Waals surface area contributed by atoms with Crippen LogP contribution in [0.15, 0.2) is 47.4 Å². The van der Waals surface area contributed by atoms with Crippen molar-refractivity contribution in [1.29, 1.82) is 0 Å². The summed E-state index contributed by atoms with van der Waals surface area (Å²) in [5.41, 5.74) is 2.63. The monoisotopic (exact) mass is 477 g/mol. The van der Waals surface area contributed by atoms with Gasteiger partial charge in [0.05, 0.1) is 22.8 Å². The predicted molar refractivity (Wildman–Crippen MR) is 130 cm³/mol. The van der Waals surface area contributed by atoms with Crippen LogP contribution in [0.2, 0.25) is 0 Å². The van der Waals surface area contributed by atoms with Crippen LogP contribution in [-0.2, 0) is 7.05 Å². The van der Waals surface area contributed by atoms with Gasteiger partial charge in [0.25, 0.3) is 5.56 Å². The zero-order chi connectivity index (χ0) is 24.1. The van der Waals surface area contributed by atoms with Crippen LogP contribution in [0.5, 0.6) is 0 Å². The number of halogens is 1. The maximum absolute atomic E-state index is 13.6. The van der Waals surface area contributed by atoms with E-state index in [1.54, 1.807) is 13.2 Å². The number of thiophene rings is 1. The van der Waals surface area contributed by atoms with E-state index in [0.717, 1.165) is 21.9 Å². The van der Waals surface area contributed by atoms with Crippen LogP contribution in [-0.4, -0.2) is 30.6 Å². The number of aryl methyl sites for hydroxylation is 1. The third kappa shape index (κ3) is 3.52. The van der Waals surface area contributed by atoms with Crippen molar-refractivity contribution in [3.8, 4) is 11.5 Å². The average molecular weight is 478 g/mol. The van der Waals surface area contributed by atoms with Crippen molar-refractivity contribution in [3.05, 3.63) is 74.8 Å². The Labute approximate surface area is 196 Å². The second kappa shape index (κ2) is 8.07. The molecule has 5 rings (SSSR count). The zero-order valence-electron chi connectivity index (χ0n) is 18.5. The summed E-state index contributed by atoms with van der Waals surface area (Å²) in [7, 11) is 1.68. The van der Waals surface area contributed by atoms with Gasteiger partial charge in [-0.15, -0.1) is 11.3 Å². The predicted octanol–water partition coefficient (Wildman–Crippen LogP) is 4.86. The lowest BCUT2D eigenvalue weighted by molar-refractivity contribution is 0.0697.